The summed E-state index contributed by atoms with van der Waals surface area (Å²) in [6.45, 7) is 4.96. The third kappa shape index (κ3) is 4.56. The number of aryl methyl sites for hydroxylation is 1. The molecule has 2 aromatic carbocycles. The second kappa shape index (κ2) is 7.97. The van der Waals surface area contributed by atoms with Gasteiger partial charge in [-0.2, -0.15) is 0 Å². The molecule has 0 spiro atoms. The molecular weight excluding hydrogens is 349 g/mol. The van der Waals surface area contributed by atoms with Crippen molar-refractivity contribution in [3.8, 4) is 0 Å². The number of hydrogen-bond donors (Lipinski definition) is 1. The average molecular weight is 368 g/mol. The molecule has 1 N–H and O–H groups in total. The van der Waals surface area contributed by atoms with Crippen LogP contribution in [-0.4, -0.2) is 12.3 Å². The molecule has 0 amide bonds. The molecule has 0 bridgehead atoms. The van der Waals surface area contributed by atoms with Crippen LogP contribution < -0.4 is 5.32 Å². The van der Waals surface area contributed by atoms with E-state index in [1.165, 1.54) is 11.0 Å². The lowest BCUT2D eigenvalue weighted by Crippen LogP contribution is -2.24. The van der Waals surface area contributed by atoms with Crippen molar-refractivity contribution >= 4 is 27.7 Å². The van der Waals surface area contributed by atoms with Gasteiger partial charge in [0.2, 0.25) is 0 Å². The quantitative estimate of drug-likeness (QED) is 0.691. The van der Waals surface area contributed by atoms with Crippen molar-refractivity contribution in [3.63, 3.8) is 0 Å². The van der Waals surface area contributed by atoms with Crippen LogP contribution in [0, 0.1) is 12.7 Å². The third-order valence-electron chi connectivity index (χ3n) is 3.31. The molecule has 0 saturated carbocycles. The number of benzene rings is 2. The first-order chi connectivity index (χ1) is 10.1. The molecule has 21 heavy (non-hydrogen) atoms. The van der Waals surface area contributed by atoms with E-state index in [0.717, 1.165) is 27.9 Å². The van der Waals surface area contributed by atoms with Crippen LogP contribution in [0.25, 0.3) is 0 Å². The highest BCUT2D eigenvalue weighted by Gasteiger charge is 2.14. The fraction of sp³-hybridized carbons (Fsp3) is 0.294. The second-order valence-corrected chi connectivity index (χ2v) is 6.77. The van der Waals surface area contributed by atoms with Gasteiger partial charge in [0.1, 0.15) is 5.82 Å². The van der Waals surface area contributed by atoms with E-state index in [-0.39, 0.29) is 11.9 Å². The lowest BCUT2D eigenvalue weighted by molar-refractivity contribution is 0.585. The van der Waals surface area contributed by atoms with Crippen LogP contribution in [0.15, 0.2) is 51.8 Å². The molecule has 4 heteroatoms. The Labute approximate surface area is 138 Å². The number of thioether (sulfide) groups is 1. The zero-order valence-corrected chi connectivity index (χ0v) is 14.6. The molecule has 0 heterocycles. The van der Waals surface area contributed by atoms with Crippen LogP contribution in [-0.2, 0) is 0 Å². The Morgan fingerprint density at radius 1 is 1.24 bits per heavy atom. The fourth-order valence-corrected chi connectivity index (χ4v) is 3.88. The first-order valence-corrected chi connectivity index (χ1v) is 8.76. The van der Waals surface area contributed by atoms with Gasteiger partial charge in [0, 0.05) is 21.2 Å². The summed E-state index contributed by atoms with van der Waals surface area (Å²) in [7, 11) is 0. The average Bonchev–Trinajstić information content (AvgIpc) is 2.48. The minimum atomic E-state index is -0.176. The van der Waals surface area contributed by atoms with E-state index < -0.39 is 0 Å². The van der Waals surface area contributed by atoms with Gasteiger partial charge in [0.15, 0.2) is 0 Å². The molecule has 1 nitrogen and oxygen atoms in total. The number of rotatable bonds is 6. The Kier molecular flexibility index (Phi) is 6.27. The van der Waals surface area contributed by atoms with Crippen molar-refractivity contribution in [2.45, 2.75) is 24.8 Å². The Hall–Kier alpha value is -0.840. The highest BCUT2D eigenvalue weighted by Crippen LogP contribution is 2.31. The van der Waals surface area contributed by atoms with Crippen LogP contribution in [0.2, 0.25) is 0 Å². The van der Waals surface area contributed by atoms with Crippen molar-refractivity contribution in [1.29, 1.82) is 0 Å². The Morgan fingerprint density at radius 2 is 2.00 bits per heavy atom. The molecule has 2 aromatic rings. The van der Waals surface area contributed by atoms with Gasteiger partial charge in [-0.15, -0.1) is 11.8 Å². The molecule has 0 aromatic heterocycles. The van der Waals surface area contributed by atoms with Crippen LogP contribution in [0.5, 0.6) is 0 Å². The Balaban J connectivity index is 2.16. The first kappa shape index (κ1) is 16.5. The van der Waals surface area contributed by atoms with Crippen molar-refractivity contribution in [2.75, 3.05) is 12.3 Å². The monoisotopic (exact) mass is 367 g/mol. The predicted molar refractivity (Wildman–Crippen MR) is 92.4 cm³/mol. The van der Waals surface area contributed by atoms with Gasteiger partial charge in [0.25, 0.3) is 0 Å². The Bertz CT molecular complexity index is 603. The summed E-state index contributed by atoms with van der Waals surface area (Å²) in [5, 5.41) is 3.45. The fourth-order valence-electron chi connectivity index (χ4n) is 2.23. The summed E-state index contributed by atoms with van der Waals surface area (Å²) >= 11 is 5.34. The van der Waals surface area contributed by atoms with Crippen molar-refractivity contribution in [1.82, 2.24) is 5.32 Å². The maximum Gasteiger partial charge on any atom is 0.123 e. The maximum absolute atomic E-state index is 13.5. The molecule has 2 rings (SSSR count). The molecule has 0 radical (unpaired) electrons. The van der Waals surface area contributed by atoms with Crippen LogP contribution in [0.4, 0.5) is 4.39 Å². The topological polar surface area (TPSA) is 12.0 Å². The van der Waals surface area contributed by atoms with Crippen molar-refractivity contribution in [2.24, 2.45) is 0 Å². The molecule has 1 unspecified atom stereocenters. The van der Waals surface area contributed by atoms with Crippen LogP contribution >= 0.6 is 27.7 Å². The second-order valence-electron chi connectivity index (χ2n) is 4.85. The minimum Gasteiger partial charge on any atom is -0.309 e. The largest absolute Gasteiger partial charge is 0.309 e. The Morgan fingerprint density at radius 3 is 2.71 bits per heavy atom. The molecule has 0 aliphatic carbocycles. The number of halogens is 2. The SMILES string of the molecule is CCNC(CSc1ccccc1Br)c1cc(F)ccc1C. The van der Waals surface area contributed by atoms with Crippen LogP contribution in [0.1, 0.15) is 24.1 Å². The van der Waals surface area contributed by atoms with Gasteiger partial charge in [-0.1, -0.05) is 25.1 Å². The maximum atomic E-state index is 13.5. The lowest BCUT2D eigenvalue weighted by Gasteiger charge is -2.20. The van der Waals surface area contributed by atoms with Gasteiger partial charge in [-0.25, -0.2) is 4.39 Å². The van der Waals surface area contributed by atoms with Gasteiger partial charge < -0.3 is 5.32 Å². The molecule has 0 aliphatic rings. The first-order valence-electron chi connectivity index (χ1n) is 6.98. The smallest absolute Gasteiger partial charge is 0.123 e. The van der Waals surface area contributed by atoms with E-state index in [1.807, 2.05) is 31.2 Å². The molecule has 112 valence electrons. The van der Waals surface area contributed by atoms with E-state index in [4.69, 9.17) is 0 Å². The van der Waals surface area contributed by atoms with E-state index in [2.05, 4.69) is 34.2 Å². The van der Waals surface area contributed by atoms with Crippen molar-refractivity contribution < 1.29 is 4.39 Å². The highest BCUT2D eigenvalue weighted by atomic mass is 79.9. The summed E-state index contributed by atoms with van der Waals surface area (Å²) in [6.07, 6.45) is 0. The predicted octanol–water partition coefficient (Wildman–Crippen LogP) is 5.34. The molecule has 1 atom stereocenters. The summed E-state index contributed by atoms with van der Waals surface area (Å²) in [5.41, 5.74) is 2.16. The van der Waals surface area contributed by atoms with Gasteiger partial charge >= 0.3 is 0 Å². The van der Waals surface area contributed by atoms with E-state index in [0.29, 0.717) is 0 Å². The number of nitrogens with one attached hydrogen (secondary N) is 1. The summed E-state index contributed by atoms with van der Waals surface area (Å²) in [5.74, 6) is 0.685. The molecule has 0 saturated heterocycles. The van der Waals surface area contributed by atoms with E-state index in [1.54, 1.807) is 17.8 Å². The third-order valence-corrected chi connectivity index (χ3v) is 5.43. The zero-order chi connectivity index (χ0) is 15.2. The van der Waals surface area contributed by atoms with Crippen molar-refractivity contribution in [3.05, 3.63) is 63.9 Å². The summed E-state index contributed by atoms with van der Waals surface area (Å²) < 4.78 is 14.6. The summed E-state index contributed by atoms with van der Waals surface area (Å²) in [4.78, 5) is 1.20. The van der Waals surface area contributed by atoms with E-state index >= 15 is 0 Å². The van der Waals surface area contributed by atoms with E-state index in [9.17, 15) is 4.39 Å². The highest BCUT2D eigenvalue weighted by molar-refractivity contribution is 9.10. The molecule has 0 fully saturated rings. The normalized spacial score (nSPS) is 12.4. The standard InChI is InChI=1S/C17H19BrFNS/c1-3-20-16(14-10-13(19)9-8-12(14)2)11-21-17-7-5-4-6-15(17)18/h4-10,16,20H,3,11H2,1-2H3. The number of hydrogen-bond acceptors (Lipinski definition) is 2. The van der Waals surface area contributed by atoms with Gasteiger partial charge in [0.05, 0.1) is 0 Å². The minimum absolute atomic E-state index is 0.141. The van der Waals surface area contributed by atoms with Gasteiger partial charge in [-0.3, -0.25) is 0 Å². The summed E-state index contributed by atoms with van der Waals surface area (Å²) in [6, 6.07) is 13.3. The van der Waals surface area contributed by atoms with Gasteiger partial charge in [-0.05, 0) is 64.8 Å². The van der Waals surface area contributed by atoms with Crippen LogP contribution in [0.3, 0.4) is 0 Å². The lowest BCUT2D eigenvalue weighted by atomic mass is 10.0. The molecule has 0 aliphatic heterocycles. The zero-order valence-electron chi connectivity index (χ0n) is 12.2. The molecular formula is C17H19BrFNS.